The Morgan fingerprint density at radius 2 is 1.65 bits per heavy atom. The normalized spacial score (nSPS) is 26.8. The minimum Gasteiger partial charge on any atom is -0.350 e. The Labute approximate surface area is 186 Å². The summed E-state index contributed by atoms with van der Waals surface area (Å²) in [4.78, 5) is 18.0. The van der Waals surface area contributed by atoms with Gasteiger partial charge in [-0.2, -0.15) is 0 Å². The van der Waals surface area contributed by atoms with E-state index in [1.54, 1.807) is 0 Å². The summed E-state index contributed by atoms with van der Waals surface area (Å²) in [6, 6.07) is 12.1. The quantitative estimate of drug-likeness (QED) is 0.785. The van der Waals surface area contributed by atoms with Gasteiger partial charge in [0.2, 0.25) is 5.91 Å². The van der Waals surface area contributed by atoms with E-state index in [1.165, 1.54) is 68.9 Å². The Bertz CT molecular complexity index is 863. The van der Waals surface area contributed by atoms with E-state index < -0.39 is 0 Å². The molecular formula is C26H38N4O. The molecule has 5 rings (SSSR count). The van der Waals surface area contributed by atoms with Gasteiger partial charge in [0.05, 0.1) is 12.6 Å². The first kappa shape index (κ1) is 21.0. The van der Waals surface area contributed by atoms with Crippen molar-refractivity contribution >= 4 is 16.8 Å². The molecule has 2 unspecified atom stereocenters. The van der Waals surface area contributed by atoms with Crippen molar-refractivity contribution in [2.45, 2.75) is 75.9 Å². The minimum absolute atomic E-state index is 0.213. The maximum atomic E-state index is 13.0. The number of benzene rings is 1. The van der Waals surface area contributed by atoms with Crippen molar-refractivity contribution in [3.63, 3.8) is 0 Å². The molecule has 2 saturated heterocycles. The smallest absolute Gasteiger partial charge is 0.234 e. The zero-order valence-electron chi connectivity index (χ0n) is 18.8. The van der Waals surface area contributed by atoms with Gasteiger partial charge in [0.25, 0.3) is 0 Å². The number of para-hydroxylation sites is 1. The topological polar surface area (TPSA) is 40.5 Å². The molecular weight excluding hydrogens is 384 g/mol. The van der Waals surface area contributed by atoms with Crippen LogP contribution in [0.4, 0.5) is 0 Å². The van der Waals surface area contributed by atoms with Crippen molar-refractivity contribution in [3.8, 4) is 0 Å². The number of rotatable bonds is 5. The number of fused-ring (bicyclic) bond motifs is 1. The molecule has 5 nitrogen and oxygen atoms in total. The lowest BCUT2D eigenvalue weighted by molar-refractivity contribution is -0.123. The third kappa shape index (κ3) is 4.83. The number of nitrogens with one attached hydrogen (secondary N) is 1. The first-order valence-corrected chi connectivity index (χ1v) is 12.6. The van der Waals surface area contributed by atoms with Crippen molar-refractivity contribution in [1.29, 1.82) is 0 Å². The summed E-state index contributed by atoms with van der Waals surface area (Å²) in [6.45, 7) is 5.24. The van der Waals surface area contributed by atoms with E-state index in [1.807, 2.05) is 0 Å². The number of amides is 1. The van der Waals surface area contributed by atoms with E-state index in [0.29, 0.717) is 12.6 Å². The average Bonchev–Trinajstić information content (AvgIpc) is 3.24. The maximum Gasteiger partial charge on any atom is 0.234 e. The van der Waals surface area contributed by atoms with Crippen LogP contribution < -0.4 is 5.32 Å². The first-order valence-electron chi connectivity index (χ1n) is 12.6. The van der Waals surface area contributed by atoms with E-state index >= 15 is 0 Å². The molecule has 1 aromatic carbocycles. The van der Waals surface area contributed by atoms with Gasteiger partial charge < -0.3 is 14.8 Å². The third-order valence-corrected chi connectivity index (χ3v) is 7.89. The fraction of sp³-hybridized carbons (Fsp3) is 0.654. The van der Waals surface area contributed by atoms with Crippen LogP contribution in [-0.4, -0.2) is 65.1 Å². The van der Waals surface area contributed by atoms with Gasteiger partial charge in [0, 0.05) is 36.9 Å². The zero-order valence-corrected chi connectivity index (χ0v) is 18.8. The first-order chi connectivity index (χ1) is 15.3. The van der Waals surface area contributed by atoms with E-state index in [0.717, 1.165) is 32.0 Å². The monoisotopic (exact) mass is 422 g/mol. The molecule has 2 aliphatic heterocycles. The van der Waals surface area contributed by atoms with E-state index in [9.17, 15) is 4.79 Å². The highest BCUT2D eigenvalue weighted by atomic mass is 16.2. The van der Waals surface area contributed by atoms with Gasteiger partial charge in [0.15, 0.2) is 0 Å². The van der Waals surface area contributed by atoms with Crippen LogP contribution in [0.3, 0.4) is 0 Å². The van der Waals surface area contributed by atoms with Gasteiger partial charge in [0.1, 0.15) is 0 Å². The number of carbonyl (C=O) groups excluding carboxylic acids is 1. The molecule has 1 aliphatic carbocycles. The summed E-state index contributed by atoms with van der Waals surface area (Å²) in [5, 5.41) is 4.72. The van der Waals surface area contributed by atoms with Crippen molar-refractivity contribution < 1.29 is 4.79 Å². The third-order valence-electron chi connectivity index (χ3n) is 7.89. The summed E-state index contributed by atoms with van der Waals surface area (Å²) in [6.07, 6.45) is 13.5. The lowest BCUT2D eigenvalue weighted by atomic mass is 9.90. The molecule has 31 heavy (non-hydrogen) atoms. The number of nitrogens with zero attached hydrogens (tertiary/aromatic N) is 3. The number of likely N-dealkylation sites (tertiary alicyclic amines) is 2. The largest absolute Gasteiger partial charge is 0.350 e. The molecule has 0 spiro atoms. The Hall–Kier alpha value is -1.85. The van der Waals surface area contributed by atoms with Crippen molar-refractivity contribution in [1.82, 2.24) is 19.7 Å². The maximum absolute atomic E-state index is 13.0. The van der Waals surface area contributed by atoms with Crippen LogP contribution >= 0.6 is 0 Å². The number of hydrogen-bond donors (Lipinski definition) is 1. The van der Waals surface area contributed by atoms with Gasteiger partial charge >= 0.3 is 0 Å². The predicted octanol–water partition coefficient (Wildman–Crippen LogP) is 4.19. The second-order valence-electron chi connectivity index (χ2n) is 9.91. The summed E-state index contributed by atoms with van der Waals surface area (Å²) in [5.74, 6) is 0.213. The Morgan fingerprint density at radius 3 is 2.48 bits per heavy atom. The van der Waals surface area contributed by atoms with Crippen molar-refractivity contribution in [3.05, 3.63) is 36.5 Å². The lowest BCUT2D eigenvalue weighted by Gasteiger charge is -2.40. The summed E-state index contributed by atoms with van der Waals surface area (Å²) < 4.78 is 2.41. The van der Waals surface area contributed by atoms with Crippen molar-refractivity contribution in [2.24, 2.45) is 0 Å². The fourth-order valence-electron chi connectivity index (χ4n) is 6.19. The molecule has 3 aliphatic rings. The highest BCUT2D eigenvalue weighted by Crippen LogP contribution is 2.32. The average molecular weight is 423 g/mol. The molecule has 3 heterocycles. The second-order valence-corrected chi connectivity index (χ2v) is 9.91. The predicted molar refractivity (Wildman–Crippen MR) is 126 cm³/mol. The van der Waals surface area contributed by atoms with Crippen molar-refractivity contribution in [2.75, 3.05) is 32.7 Å². The molecule has 5 heteroatoms. The summed E-state index contributed by atoms with van der Waals surface area (Å²) in [7, 11) is 0. The van der Waals surface area contributed by atoms with Crippen LogP contribution in [0, 0.1) is 0 Å². The second kappa shape index (κ2) is 9.74. The molecule has 168 valence electrons. The van der Waals surface area contributed by atoms with Crippen LogP contribution in [0.1, 0.15) is 63.8 Å². The van der Waals surface area contributed by atoms with E-state index in [-0.39, 0.29) is 11.9 Å². The molecule has 0 bridgehead atoms. The molecule has 0 radical (unpaired) electrons. The summed E-state index contributed by atoms with van der Waals surface area (Å²) >= 11 is 0. The van der Waals surface area contributed by atoms with E-state index in [2.05, 4.69) is 56.2 Å². The highest BCUT2D eigenvalue weighted by Gasteiger charge is 2.30. The van der Waals surface area contributed by atoms with Crippen LogP contribution in [0.2, 0.25) is 0 Å². The highest BCUT2D eigenvalue weighted by molar-refractivity contribution is 5.80. The molecule has 1 N–H and O–H groups in total. The van der Waals surface area contributed by atoms with Gasteiger partial charge in [-0.3, -0.25) is 9.69 Å². The number of piperidine rings is 2. The summed E-state index contributed by atoms with van der Waals surface area (Å²) in [5.41, 5.74) is 1.29. The van der Waals surface area contributed by atoms with Crippen LogP contribution in [0.25, 0.3) is 10.9 Å². The van der Waals surface area contributed by atoms with Gasteiger partial charge in [-0.15, -0.1) is 0 Å². The van der Waals surface area contributed by atoms with Crippen LogP contribution in [0.15, 0.2) is 36.5 Å². The van der Waals surface area contributed by atoms with E-state index in [4.69, 9.17) is 0 Å². The number of hydrogen-bond acceptors (Lipinski definition) is 3. The number of aromatic nitrogens is 1. The Balaban J connectivity index is 1.16. The van der Waals surface area contributed by atoms with Gasteiger partial charge in [-0.05, 0) is 69.1 Å². The molecule has 2 atom stereocenters. The van der Waals surface area contributed by atoms with Crippen LogP contribution in [0.5, 0.6) is 0 Å². The SMILES string of the molecule is O=C(CN1CCC(N2CCCCC2)CC1)NC1CCCCC1n1ccc2ccccc21. The lowest BCUT2D eigenvalue weighted by Crippen LogP contribution is -2.50. The zero-order chi connectivity index (χ0) is 21.0. The number of carbonyl (C=O) groups is 1. The Kier molecular flexibility index (Phi) is 6.61. The molecule has 2 aromatic rings. The fourth-order valence-corrected chi connectivity index (χ4v) is 6.19. The molecule has 1 amide bonds. The Morgan fingerprint density at radius 1 is 0.871 bits per heavy atom. The van der Waals surface area contributed by atoms with Gasteiger partial charge in [-0.1, -0.05) is 37.5 Å². The standard InChI is InChI=1S/C26H38N4O/c31-26(20-28-17-13-22(14-18-28)29-15-6-1-7-16-29)27-23-9-3-5-11-25(23)30-19-12-21-8-2-4-10-24(21)30/h2,4,8,10,12,19,22-23,25H,1,3,5-7,9,11,13-18,20H2,(H,27,31). The van der Waals surface area contributed by atoms with Gasteiger partial charge in [-0.25, -0.2) is 0 Å². The minimum atomic E-state index is 0.213. The molecule has 3 fully saturated rings. The molecule has 1 aromatic heterocycles. The molecule has 1 saturated carbocycles. The van der Waals surface area contributed by atoms with Crippen LogP contribution in [-0.2, 0) is 4.79 Å².